The van der Waals surface area contributed by atoms with Crippen molar-refractivity contribution in [2.45, 2.75) is 19.0 Å². The van der Waals surface area contributed by atoms with E-state index in [1.54, 1.807) is 29.5 Å². The summed E-state index contributed by atoms with van der Waals surface area (Å²) in [6.07, 6.45) is 0. The summed E-state index contributed by atoms with van der Waals surface area (Å²) in [6.45, 7) is 4.19. The number of rotatable bonds is 6. The number of amides is 1. The third-order valence-corrected chi connectivity index (χ3v) is 7.41. The van der Waals surface area contributed by atoms with Gasteiger partial charge in [0.05, 0.1) is 16.5 Å². The lowest BCUT2D eigenvalue weighted by atomic mass is 10.0. The molecule has 32 heavy (non-hydrogen) atoms. The maximum Gasteiger partial charge on any atom is 0.234 e. The number of nitrogens with zero attached hydrogens (tertiary/aromatic N) is 3. The predicted octanol–water partition coefficient (Wildman–Crippen LogP) is 6.87. The fourth-order valence-electron chi connectivity index (χ4n) is 3.28. The summed E-state index contributed by atoms with van der Waals surface area (Å²) >= 11 is 15.0. The Balaban J connectivity index is 1.51. The van der Waals surface area contributed by atoms with Crippen molar-refractivity contribution in [3.05, 3.63) is 68.3 Å². The number of carbonyl (C=O) groups excluding carboxylic acids is 1. The minimum absolute atomic E-state index is 0.179. The first-order valence-electron chi connectivity index (χ1n) is 9.76. The van der Waals surface area contributed by atoms with Crippen LogP contribution in [-0.4, -0.2) is 26.4 Å². The molecule has 2 aromatic heterocycles. The highest BCUT2D eigenvalue weighted by molar-refractivity contribution is 7.99. The molecule has 0 aliphatic carbocycles. The maximum absolute atomic E-state index is 12.4. The van der Waals surface area contributed by atoms with Gasteiger partial charge in [-0.2, -0.15) is 0 Å². The van der Waals surface area contributed by atoms with Gasteiger partial charge in [-0.15, -0.1) is 21.5 Å². The number of anilines is 1. The van der Waals surface area contributed by atoms with Crippen molar-refractivity contribution in [3.8, 4) is 22.5 Å². The van der Waals surface area contributed by atoms with Gasteiger partial charge in [0.15, 0.2) is 11.0 Å². The van der Waals surface area contributed by atoms with Crippen LogP contribution in [0.2, 0.25) is 10.0 Å². The van der Waals surface area contributed by atoms with Crippen LogP contribution in [0.4, 0.5) is 5.69 Å². The van der Waals surface area contributed by atoms with E-state index in [1.165, 1.54) is 22.2 Å². The number of nitrogens with one attached hydrogen (secondary N) is 1. The smallest absolute Gasteiger partial charge is 0.234 e. The summed E-state index contributed by atoms with van der Waals surface area (Å²) in [7, 11) is 1.91. The van der Waals surface area contributed by atoms with Crippen molar-refractivity contribution >= 4 is 57.9 Å². The summed E-state index contributed by atoms with van der Waals surface area (Å²) in [4.78, 5) is 13.6. The molecular weight excluding hydrogens is 483 g/mol. The van der Waals surface area contributed by atoms with Crippen LogP contribution in [0, 0.1) is 13.8 Å². The molecule has 0 aliphatic rings. The highest BCUT2D eigenvalue weighted by Gasteiger charge is 2.19. The molecule has 2 heterocycles. The first-order valence-corrected chi connectivity index (χ1v) is 12.4. The zero-order chi connectivity index (χ0) is 22.8. The molecule has 0 aliphatic heterocycles. The number of aryl methyl sites for hydroxylation is 2. The molecule has 0 spiro atoms. The number of thioether (sulfide) groups is 1. The van der Waals surface area contributed by atoms with Crippen molar-refractivity contribution in [1.29, 1.82) is 0 Å². The maximum atomic E-state index is 12.4. The minimum atomic E-state index is -0.185. The van der Waals surface area contributed by atoms with Crippen LogP contribution in [-0.2, 0) is 11.8 Å². The molecule has 4 aromatic rings. The molecule has 1 amide bonds. The molecule has 0 radical (unpaired) electrons. The average molecular weight is 503 g/mol. The van der Waals surface area contributed by atoms with Gasteiger partial charge in [-0.25, -0.2) is 0 Å². The second-order valence-electron chi connectivity index (χ2n) is 7.27. The monoisotopic (exact) mass is 502 g/mol. The number of aromatic nitrogens is 3. The van der Waals surface area contributed by atoms with Crippen LogP contribution in [0.25, 0.3) is 22.5 Å². The number of halogens is 2. The number of hydrogen-bond donors (Lipinski definition) is 1. The lowest BCUT2D eigenvalue weighted by Gasteiger charge is -2.08. The number of carbonyl (C=O) groups is 1. The first-order chi connectivity index (χ1) is 15.3. The van der Waals surface area contributed by atoms with E-state index < -0.39 is 0 Å². The third kappa shape index (κ3) is 4.86. The Morgan fingerprint density at radius 1 is 1.12 bits per heavy atom. The van der Waals surface area contributed by atoms with Crippen molar-refractivity contribution in [1.82, 2.24) is 14.8 Å². The molecule has 0 unspecified atom stereocenters. The normalized spacial score (nSPS) is 11.0. The molecule has 9 heteroatoms. The lowest BCUT2D eigenvalue weighted by molar-refractivity contribution is -0.113. The molecule has 164 valence electrons. The average Bonchev–Trinajstić information content (AvgIpc) is 3.31. The van der Waals surface area contributed by atoms with E-state index in [1.807, 2.05) is 11.6 Å². The van der Waals surface area contributed by atoms with E-state index in [4.69, 9.17) is 23.2 Å². The fraction of sp³-hybridized carbons (Fsp3) is 0.174. The zero-order valence-corrected chi connectivity index (χ0v) is 20.8. The molecule has 0 saturated carbocycles. The topological polar surface area (TPSA) is 59.8 Å². The summed E-state index contributed by atoms with van der Waals surface area (Å²) in [5, 5.41) is 15.2. The molecule has 2 aromatic carbocycles. The Bertz CT molecular complexity index is 1280. The van der Waals surface area contributed by atoms with Crippen molar-refractivity contribution in [2.24, 2.45) is 7.05 Å². The molecule has 5 nitrogen and oxygen atoms in total. The van der Waals surface area contributed by atoms with Crippen LogP contribution in [0.15, 0.2) is 53.0 Å². The second-order valence-corrected chi connectivity index (χ2v) is 10.1. The Morgan fingerprint density at radius 3 is 2.59 bits per heavy atom. The summed E-state index contributed by atoms with van der Waals surface area (Å²) in [5.41, 5.74) is 5.10. The highest BCUT2D eigenvalue weighted by atomic mass is 35.5. The molecule has 0 atom stereocenters. The molecule has 4 rings (SSSR count). The Labute approximate surface area is 204 Å². The van der Waals surface area contributed by atoms with E-state index in [2.05, 4.69) is 59.0 Å². The van der Waals surface area contributed by atoms with Crippen molar-refractivity contribution in [3.63, 3.8) is 0 Å². The summed E-state index contributed by atoms with van der Waals surface area (Å²) in [5.74, 6) is 0.766. The van der Waals surface area contributed by atoms with Crippen LogP contribution in [0.5, 0.6) is 0 Å². The van der Waals surface area contributed by atoms with Gasteiger partial charge in [0.2, 0.25) is 5.91 Å². The molecule has 1 N–H and O–H groups in total. The molecule has 0 fully saturated rings. The van der Waals surface area contributed by atoms with Crippen molar-refractivity contribution in [2.75, 3.05) is 11.1 Å². The van der Waals surface area contributed by atoms with Gasteiger partial charge < -0.3 is 9.88 Å². The fourth-order valence-corrected chi connectivity index (χ4v) is 5.31. The molecular formula is C23H20Cl2N4OS2. The van der Waals surface area contributed by atoms with Crippen LogP contribution >= 0.6 is 46.3 Å². The summed E-state index contributed by atoms with van der Waals surface area (Å²) in [6, 6.07) is 13.4. The van der Waals surface area contributed by atoms with Gasteiger partial charge >= 0.3 is 0 Å². The predicted molar refractivity (Wildman–Crippen MR) is 135 cm³/mol. The van der Waals surface area contributed by atoms with E-state index in [0.29, 0.717) is 20.9 Å². The quantitative estimate of drug-likeness (QED) is 0.292. The van der Waals surface area contributed by atoms with E-state index in [-0.39, 0.29) is 11.7 Å². The van der Waals surface area contributed by atoms with Gasteiger partial charge in [0.25, 0.3) is 0 Å². The van der Waals surface area contributed by atoms with Gasteiger partial charge in [0, 0.05) is 33.5 Å². The highest BCUT2D eigenvalue weighted by Crippen LogP contribution is 2.39. The second kappa shape index (κ2) is 9.67. The van der Waals surface area contributed by atoms with Crippen molar-refractivity contribution < 1.29 is 4.79 Å². The van der Waals surface area contributed by atoms with Crippen LogP contribution in [0.1, 0.15) is 10.4 Å². The molecule has 0 saturated heterocycles. The SMILES string of the molecule is Cc1ccc(-c2c(-c3nnc(SCC(=O)Nc4ccc(Cl)cc4Cl)n3C)csc2C)cc1. The first kappa shape index (κ1) is 22.9. The minimum Gasteiger partial charge on any atom is -0.324 e. The third-order valence-electron chi connectivity index (χ3n) is 4.93. The number of thiophene rings is 1. The zero-order valence-electron chi connectivity index (χ0n) is 17.6. The lowest BCUT2D eigenvalue weighted by Crippen LogP contribution is -2.14. The molecule has 0 bridgehead atoms. The van der Waals surface area contributed by atoms with E-state index in [0.717, 1.165) is 22.5 Å². The Morgan fingerprint density at radius 2 is 1.88 bits per heavy atom. The Kier molecular flexibility index (Phi) is 6.90. The number of benzene rings is 2. The van der Waals surface area contributed by atoms with E-state index in [9.17, 15) is 4.79 Å². The number of hydrogen-bond acceptors (Lipinski definition) is 5. The van der Waals surface area contributed by atoms with Gasteiger partial charge in [-0.3, -0.25) is 4.79 Å². The standard InChI is InChI=1S/C23H20Cl2N4OS2/c1-13-4-6-15(7-5-13)21-14(2)31-11-17(21)22-27-28-23(29(22)3)32-12-20(30)26-19-9-8-16(24)10-18(19)25/h4-11H,12H2,1-3H3,(H,26,30). The van der Waals surface area contributed by atoms with Crippen LogP contribution in [0.3, 0.4) is 0 Å². The Hall–Kier alpha value is -2.32. The van der Waals surface area contributed by atoms with Gasteiger partial charge in [-0.1, -0.05) is 64.8 Å². The van der Waals surface area contributed by atoms with Crippen LogP contribution < -0.4 is 5.32 Å². The summed E-state index contributed by atoms with van der Waals surface area (Å²) < 4.78 is 1.92. The largest absolute Gasteiger partial charge is 0.324 e. The van der Waals surface area contributed by atoms with E-state index >= 15 is 0 Å². The van der Waals surface area contributed by atoms with Gasteiger partial charge in [0.1, 0.15) is 0 Å². The van der Waals surface area contributed by atoms with Gasteiger partial charge in [-0.05, 0) is 37.6 Å².